The summed E-state index contributed by atoms with van der Waals surface area (Å²) in [5.74, 6) is -0.204. The highest BCUT2D eigenvalue weighted by molar-refractivity contribution is 5.74. The van der Waals surface area contributed by atoms with Crippen molar-refractivity contribution >= 4 is 11.5 Å². The van der Waals surface area contributed by atoms with Gasteiger partial charge in [-0.15, -0.1) is 0 Å². The second kappa shape index (κ2) is 5.64. The number of carbonyl (C=O) groups is 1. The standard InChI is InChI=1S/C14H17NO2/c1-17-14(16)13-8-7-12(9-15-10-13)11-5-3-2-4-6-11/h2-7,13,15H,8-10H2,1H3. The van der Waals surface area contributed by atoms with Crippen molar-refractivity contribution in [1.29, 1.82) is 0 Å². The molecule has 1 unspecified atom stereocenters. The summed E-state index contributed by atoms with van der Waals surface area (Å²) >= 11 is 0. The van der Waals surface area contributed by atoms with Gasteiger partial charge in [0.2, 0.25) is 0 Å². The predicted octanol–water partition coefficient (Wildman–Crippen LogP) is 1.85. The lowest BCUT2D eigenvalue weighted by Crippen LogP contribution is -2.28. The van der Waals surface area contributed by atoms with Gasteiger partial charge in [0, 0.05) is 13.1 Å². The summed E-state index contributed by atoms with van der Waals surface area (Å²) in [6.07, 6.45) is 2.88. The minimum Gasteiger partial charge on any atom is -0.469 e. The van der Waals surface area contributed by atoms with E-state index < -0.39 is 0 Å². The third-order valence-corrected chi connectivity index (χ3v) is 3.03. The number of hydrogen-bond donors (Lipinski definition) is 1. The van der Waals surface area contributed by atoms with Gasteiger partial charge in [-0.25, -0.2) is 0 Å². The number of rotatable bonds is 2. The Morgan fingerprint density at radius 3 is 2.82 bits per heavy atom. The first kappa shape index (κ1) is 11.9. The molecule has 2 rings (SSSR count). The zero-order chi connectivity index (χ0) is 12.1. The molecular formula is C14H17NO2. The van der Waals surface area contributed by atoms with Crippen LogP contribution in [0.1, 0.15) is 12.0 Å². The molecule has 17 heavy (non-hydrogen) atoms. The fourth-order valence-corrected chi connectivity index (χ4v) is 2.04. The molecule has 0 aliphatic carbocycles. The molecule has 1 aliphatic heterocycles. The molecule has 3 nitrogen and oxygen atoms in total. The third-order valence-electron chi connectivity index (χ3n) is 3.03. The van der Waals surface area contributed by atoms with E-state index >= 15 is 0 Å². The number of allylic oxidation sites excluding steroid dienone is 1. The van der Waals surface area contributed by atoms with E-state index in [9.17, 15) is 4.79 Å². The number of ether oxygens (including phenoxy) is 1. The number of methoxy groups -OCH3 is 1. The Hall–Kier alpha value is -1.61. The Labute approximate surface area is 101 Å². The molecule has 0 spiro atoms. The summed E-state index contributed by atoms with van der Waals surface area (Å²) in [4.78, 5) is 11.5. The van der Waals surface area contributed by atoms with Crippen molar-refractivity contribution in [3.8, 4) is 0 Å². The van der Waals surface area contributed by atoms with Gasteiger partial charge >= 0.3 is 5.97 Å². The van der Waals surface area contributed by atoms with Gasteiger partial charge in [0.1, 0.15) is 0 Å². The van der Waals surface area contributed by atoms with Crippen molar-refractivity contribution in [2.75, 3.05) is 20.2 Å². The Bertz CT molecular complexity index is 411. The van der Waals surface area contributed by atoms with Gasteiger partial charge in [-0.05, 0) is 17.6 Å². The first-order chi connectivity index (χ1) is 8.31. The Morgan fingerprint density at radius 2 is 2.12 bits per heavy atom. The summed E-state index contributed by atoms with van der Waals surface area (Å²) in [6, 6.07) is 10.2. The van der Waals surface area contributed by atoms with E-state index in [4.69, 9.17) is 4.74 Å². The van der Waals surface area contributed by atoms with Crippen LogP contribution in [0, 0.1) is 5.92 Å². The first-order valence-corrected chi connectivity index (χ1v) is 5.84. The van der Waals surface area contributed by atoms with Crippen LogP contribution >= 0.6 is 0 Å². The number of benzene rings is 1. The highest BCUT2D eigenvalue weighted by Gasteiger charge is 2.20. The molecule has 0 amide bonds. The van der Waals surface area contributed by atoms with Crippen molar-refractivity contribution in [2.45, 2.75) is 6.42 Å². The molecular weight excluding hydrogens is 214 g/mol. The van der Waals surface area contributed by atoms with E-state index in [2.05, 4.69) is 23.5 Å². The minimum absolute atomic E-state index is 0.0683. The Kier molecular flexibility index (Phi) is 3.94. The maximum atomic E-state index is 11.5. The van der Waals surface area contributed by atoms with Gasteiger partial charge in [0.05, 0.1) is 13.0 Å². The van der Waals surface area contributed by atoms with Gasteiger partial charge in [-0.3, -0.25) is 4.79 Å². The molecule has 0 saturated carbocycles. The summed E-state index contributed by atoms with van der Waals surface area (Å²) in [5, 5.41) is 3.29. The van der Waals surface area contributed by atoms with Crippen molar-refractivity contribution in [1.82, 2.24) is 5.32 Å². The molecule has 0 aromatic heterocycles. The maximum absolute atomic E-state index is 11.5. The predicted molar refractivity (Wildman–Crippen MR) is 67.4 cm³/mol. The van der Waals surface area contributed by atoms with Crippen LogP contribution in [0.2, 0.25) is 0 Å². The average Bonchev–Trinajstić information content (AvgIpc) is 2.64. The lowest BCUT2D eigenvalue weighted by molar-refractivity contribution is -0.145. The first-order valence-electron chi connectivity index (χ1n) is 5.84. The van der Waals surface area contributed by atoms with E-state index in [1.165, 1.54) is 18.2 Å². The highest BCUT2D eigenvalue weighted by Crippen LogP contribution is 2.19. The maximum Gasteiger partial charge on any atom is 0.310 e. The van der Waals surface area contributed by atoms with Crippen molar-refractivity contribution in [3.63, 3.8) is 0 Å². The van der Waals surface area contributed by atoms with E-state index in [-0.39, 0.29) is 11.9 Å². The van der Waals surface area contributed by atoms with Crippen LogP contribution in [0.3, 0.4) is 0 Å². The molecule has 1 N–H and O–H groups in total. The van der Waals surface area contributed by atoms with Crippen LogP contribution < -0.4 is 5.32 Å². The molecule has 0 saturated heterocycles. The second-order valence-corrected chi connectivity index (χ2v) is 4.18. The molecule has 0 fully saturated rings. The van der Waals surface area contributed by atoms with Gasteiger partial charge < -0.3 is 10.1 Å². The number of nitrogens with one attached hydrogen (secondary N) is 1. The zero-order valence-corrected chi connectivity index (χ0v) is 9.98. The molecule has 1 aliphatic rings. The molecule has 0 bridgehead atoms. The summed E-state index contributed by atoms with van der Waals surface area (Å²) < 4.78 is 4.78. The number of hydrogen-bond acceptors (Lipinski definition) is 3. The molecule has 1 aromatic rings. The Morgan fingerprint density at radius 1 is 1.35 bits per heavy atom. The average molecular weight is 231 g/mol. The summed E-state index contributed by atoms with van der Waals surface area (Å²) in [6.45, 7) is 1.48. The Balaban J connectivity index is 2.11. The van der Waals surface area contributed by atoms with Gasteiger partial charge in [-0.1, -0.05) is 36.4 Å². The van der Waals surface area contributed by atoms with Crippen LogP contribution in [-0.2, 0) is 9.53 Å². The zero-order valence-electron chi connectivity index (χ0n) is 9.98. The number of carbonyl (C=O) groups excluding carboxylic acids is 1. The molecule has 0 radical (unpaired) electrons. The SMILES string of the molecule is COC(=O)C1CC=C(c2ccccc2)CNC1. The van der Waals surface area contributed by atoms with E-state index in [0.717, 1.165) is 13.0 Å². The highest BCUT2D eigenvalue weighted by atomic mass is 16.5. The fraction of sp³-hybridized carbons (Fsp3) is 0.357. The fourth-order valence-electron chi connectivity index (χ4n) is 2.04. The monoisotopic (exact) mass is 231 g/mol. The van der Waals surface area contributed by atoms with Crippen LogP contribution in [0.5, 0.6) is 0 Å². The normalized spacial score (nSPS) is 20.3. The molecule has 1 atom stereocenters. The second-order valence-electron chi connectivity index (χ2n) is 4.18. The quantitative estimate of drug-likeness (QED) is 0.789. The largest absolute Gasteiger partial charge is 0.469 e. The lowest BCUT2D eigenvalue weighted by Gasteiger charge is -2.10. The van der Waals surface area contributed by atoms with Gasteiger partial charge in [0.25, 0.3) is 0 Å². The van der Waals surface area contributed by atoms with Crippen molar-refractivity contribution < 1.29 is 9.53 Å². The minimum atomic E-state index is -0.136. The lowest BCUT2D eigenvalue weighted by atomic mass is 10.0. The summed E-state index contributed by atoms with van der Waals surface area (Å²) in [5.41, 5.74) is 2.46. The van der Waals surface area contributed by atoms with E-state index in [1.807, 2.05) is 18.2 Å². The van der Waals surface area contributed by atoms with Gasteiger partial charge in [0.15, 0.2) is 0 Å². The molecule has 90 valence electrons. The number of esters is 1. The smallest absolute Gasteiger partial charge is 0.310 e. The van der Waals surface area contributed by atoms with Crippen LogP contribution in [0.4, 0.5) is 0 Å². The van der Waals surface area contributed by atoms with Gasteiger partial charge in [-0.2, -0.15) is 0 Å². The van der Waals surface area contributed by atoms with Crippen LogP contribution in [0.25, 0.3) is 5.57 Å². The molecule has 1 heterocycles. The van der Waals surface area contributed by atoms with Crippen molar-refractivity contribution in [3.05, 3.63) is 42.0 Å². The van der Waals surface area contributed by atoms with Crippen LogP contribution in [-0.4, -0.2) is 26.2 Å². The van der Waals surface area contributed by atoms with E-state index in [0.29, 0.717) is 6.54 Å². The summed E-state index contributed by atoms with van der Waals surface area (Å²) in [7, 11) is 1.44. The topological polar surface area (TPSA) is 38.3 Å². The third kappa shape index (κ3) is 2.94. The molecule has 1 aromatic carbocycles. The van der Waals surface area contributed by atoms with Crippen molar-refractivity contribution in [2.24, 2.45) is 5.92 Å². The molecule has 3 heteroatoms. The van der Waals surface area contributed by atoms with E-state index in [1.54, 1.807) is 0 Å². The van der Waals surface area contributed by atoms with Crippen LogP contribution in [0.15, 0.2) is 36.4 Å².